The van der Waals surface area contributed by atoms with Crippen molar-refractivity contribution in [1.82, 2.24) is 9.03 Å². The van der Waals surface area contributed by atoms with Crippen LogP contribution < -0.4 is 10.5 Å². The van der Waals surface area contributed by atoms with Crippen molar-refractivity contribution in [3.05, 3.63) is 0 Å². The van der Waals surface area contributed by atoms with E-state index in [1.165, 1.54) is 4.31 Å². The van der Waals surface area contributed by atoms with Gasteiger partial charge >= 0.3 is 0 Å². The van der Waals surface area contributed by atoms with Crippen LogP contribution in [-0.4, -0.2) is 37.2 Å². The first kappa shape index (κ1) is 10.8. The maximum atomic E-state index is 11.9. The number of amidine groups is 1. The second-order valence-corrected chi connectivity index (χ2v) is 5.78. The zero-order valence-corrected chi connectivity index (χ0v) is 9.26. The standard InChI is InChI=1S/C8H16N4O2S/c9-8(10)7-2-1-5-12(7)15(13,14)11-6-3-4-6/h6-7,11H,1-5H2,(H3,9,10). The van der Waals surface area contributed by atoms with E-state index in [1.807, 2.05) is 0 Å². The van der Waals surface area contributed by atoms with Crippen LogP contribution >= 0.6 is 0 Å². The molecule has 0 aromatic heterocycles. The molecule has 0 spiro atoms. The molecule has 1 saturated carbocycles. The van der Waals surface area contributed by atoms with E-state index in [0.29, 0.717) is 13.0 Å². The van der Waals surface area contributed by atoms with Gasteiger partial charge in [-0.2, -0.15) is 17.4 Å². The van der Waals surface area contributed by atoms with Gasteiger partial charge in [0.15, 0.2) is 0 Å². The smallest absolute Gasteiger partial charge is 0.280 e. The van der Waals surface area contributed by atoms with Gasteiger partial charge in [0, 0.05) is 12.6 Å². The summed E-state index contributed by atoms with van der Waals surface area (Å²) in [6.07, 6.45) is 3.26. The Morgan fingerprint density at radius 1 is 1.40 bits per heavy atom. The van der Waals surface area contributed by atoms with Gasteiger partial charge in [-0.1, -0.05) is 0 Å². The van der Waals surface area contributed by atoms with Gasteiger partial charge in [0.1, 0.15) is 5.84 Å². The van der Waals surface area contributed by atoms with Crippen LogP contribution in [0.5, 0.6) is 0 Å². The fourth-order valence-electron chi connectivity index (χ4n) is 1.82. The molecule has 1 saturated heterocycles. The summed E-state index contributed by atoms with van der Waals surface area (Å²) >= 11 is 0. The third kappa shape index (κ3) is 2.30. The summed E-state index contributed by atoms with van der Waals surface area (Å²) in [4.78, 5) is 0. The van der Waals surface area contributed by atoms with Crippen LogP contribution in [0, 0.1) is 5.41 Å². The molecule has 0 aromatic rings. The van der Waals surface area contributed by atoms with Crippen LogP contribution in [-0.2, 0) is 10.2 Å². The molecule has 1 aliphatic carbocycles. The molecule has 1 atom stereocenters. The number of nitrogens with two attached hydrogens (primary N) is 1. The molecule has 86 valence electrons. The van der Waals surface area contributed by atoms with E-state index < -0.39 is 16.3 Å². The van der Waals surface area contributed by atoms with Crippen LogP contribution in [0.4, 0.5) is 0 Å². The maximum Gasteiger partial charge on any atom is 0.280 e. The Morgan fingerprint density at radius 3 is 2.60 bits per heavy atom. The molecule has 4 N–H and O–H groups in total. The molecule has 0 bridgehead atoms. The number of hydrogen-bond donors (Lipinski definition) is 3. The highest BCUT2D eigenvalue weighted by atomic mass is 32.2. The Kier molecular flexibility index (Phi) is 2.70. The molecule has 0 amide bonds. The van der Waals surface area contributed by atoms with Gasteiger partial charge in [0.2, 0.25) is 0 Å². The van der Waals surface area contributed by atoms with Crippen molar-refractivity contribution in [3.8, 4) is 0 Å². The lowest BCUT2D eigenvalue weighted by atomic mass is 10.2. The van der Waals surface area contributed by atoms with Crippen molar-refractivity contribution in [2.24, 2.45) is 5.73 Å². The van der Waals surface area contributed by atoms with E-state index >= 15 is 0 Å². The second kappa shape index (κ2) is 3.73. The Hall–Kier alpha value is -0.660. The lowest BCUT2D eigenvalue weighted by molar-refractivity contribution is 0.432. The normalized spacial score (nSPS) is 28.1. The molecule has 7 heteroatoms. The molecule has 0 aromatic carbocycles. The van der Waals surface area contributed by atoms with Crippen LogP contribution in [0.1, 0.15) is 25.7 Å². The van der Waals surface area contributed by atoms with E-state index in [-0.39, 0.29) is 11.9 Å². The van der Waals surface area contributed by atoms with Crippen LogP contribution in [0.3, 0.4) is 0 Å². The van der Waals surface area contributed by atoms with Gasteiger partial charge < -0.3 is 5.73 Å². The first-order chi connectivity index (χ1) is 7.00. The molecule has 1 heterocycles. The molecule has 2 aliphatic rings. The van der Waals surface area contributed by atoms with Gasteiger partial charge in [-0.3, -0.25) is 5.41 Å². The Balaban J connectivity index is 2.10. The van der Waals surface area contributed by atoms with Crippen molar-refractivity contribution in [2.75, 3.05) is 6.54 Å². The Bertz CT molecular complexity index is 363. The maximum absolute atomic E-state index is 11.9. The quantitative estimate of drug-likeness (QED) is 0.445. The van der Waals surface area contributed by atoms with Gasteiger partial charge in [-0.25, -0.2) is 0 Å². The van der Waals surface area contributed by atoms with Crippen molar-refractivity contribution in [2.45, 2.75) is 37.8 Å². The van der Waals surface area contributed by atoms with E-state index in [2.05, 4.69) is 4.72 Å². The number of hydrogen-bond acceptors (Lipinski definition) is 3. The predicted molar refractivity (Wildman–Crippen MR) is 56.7 cm³/mol. The first-order valence-electron chi connectivity index (χ1n) is 5.14. The topological polar surface area (TPSA) is 99.3 Å². The van der Waals surface area contributed by atoms with Gasteiger partial charge in [-0.15, -0.1) is 0 Å². The van der Waals surface area contributed by atoms with Crippen molar-refractivity contribution in [3.63, 3.8) is 0 Å². The SMILES string of the molecule is N=C(N)C1CCCN1S(=O)(=O)NC1CC1. The average molecular weight is 232 g/mol. The van der Waals surface area contributed by atoms with Crippen molar-refractivity contribution in [1.29, 1.82) is 5.41 Å². The fourth-order valence-corrected chi connectivity index (χ4v) is 3.53. The van der Waals surface area contributed by atoms with Crippen molar-refractivity contribution < 1.29 is 8.42 Å². The predicted octanol–water partition coefficient (Wildman–Crippen LogP) is -0.616. The summed E-state index contributed by atoms with van der Waals surface area (Å²) in [5, 5.41) is 7.34. The fraction of sp³-hybridized carbons (Fsp3) is 0.875. The zero-order chi connectivity index (χ0) is 11.1. The van der Waals surface area contributed by atoms with Gasteiger partial charge in [0.25, 0.3) is 10.2 Å². The van der Waals surface area contributed by atoms with Gasteiger partial charge in [-0.05, 0) is 25.7 Å². The minimum atomic E-state index is -3.43. The average Bonchev–Trinajstić information content (AvgIpc) is 2.80. The van der Waals surface area contributed by atoms with Crippen molar-refractivity contribution >= 4 is 16.0 Å². The lowest BCUT2D eigenvalue weighted by Gasteiger charge is -2.23. The third-order valence-corrected chi connectivity index (χ3v) is 4.45. The summed E-state index contributed by atoms with van der Waals surface area (Å²) in [5.74, 6) is -0.0614. The summed E-state index contributed by atoms with van der Waals surface area (Å²) < 4.78 is 27.6. The summed E-state index contributed by atoms with van der Waals surface area (Å²) in [6, 6.07) is -0.343. The highest BCUT2D eigenvalue weighted by Gasteiger charge is 2.38. The highest BCUT2D eigenvalue weighted by Crippen LogP contribution is 2.24. The largest absolute Gasteiger partial charge is 0.386 e. The number of nitrogens with one attached hydrogen (secondary N) is 2. The van der Waals surface area contributed by atoms with E-state index in [9.17, 15) is 8.42 Å². The molecular formula is C8H16N4O2S. The van der Waals surface area contributed by atoms with E-state index in [4.69, 9.17) is 11.1 Å². The zero-order valence-electron chi connectivity index (χ0n) is 8.44. The van der Waals surface area contributed by atoms with E-state index in [1.54, 1.807) is 0 Å². The summed E-state index contributed by atoms with van der Waals surface area (Å²) in [5.41, 5.74) is 5.38. The molecule has 1 aliphatic heterocycles. The number of nitrogens with zero attached hydrogens (tertiary/aromatic N) is 1. The van der Waals surface area contributed by atoms with Crippen LogP contribution in [0.2, 0.25) is 0 Å². The molecule has 1 unspecified atom stereocenters. The highest BCUT2D eigenvalue weighted by molar-refractivity contribution is 7.87. The summed E-state index contributed by atoms with van der Waals surface area (Å²) in [6.45, 7) is 0.465. The van der Waals surface area contributed by atoms with Crippen LogP contribution in [0.15, 0.2) is 0 Å². The molecule has 6 nitrogen and oxygen atoms in total. The van der Waals surface area contributed by atoms with E-state index in [0.717, 1.165) is 19.3 Å². The summed E-state index contributed by atoms with van der Waals surface area (Å²) in [7, 11) is -3.43. The monoisotopic (exact) mass is 232 g/mol. The Labute approximate surface area is 89.5 Å². The number of rotatable bonds is 4. The third-order valence-electron chi connectivity index (χ3n) is 2.76. The van der Waals surface area contributed by atoms with Gasteiger partial charge in [0.05, 0.1) is 6.04 Å². The molecule has 2 fully saturated rings. The Morgan fingerprint density at radius 2 is 2.07 bits per heavy atom. The minimum absolute atomic E-state index is 0.0614. The van der Waals surface area contributed by atoms with Crippen LogP contribution in [0.25, 0.3) is 0 Å². The minimum Gasteiger partial charge on any atom is -0.386 e. The molecular weight excluding hydrogens is 216 g/mol. The molecule has 0 radical (unpaired) electrons. The lowest BCUT2D eigenvalue weighted by Crippen LogP contribution is -2.48. The molecule has 2 rings (SSSR count). The molecule has 15 heavy (non-hydrogen) atoms. The first-order valence-corrected chi connectivity index (χ1v) is 6.58. The second-order valence-electron chi connectivity index (χ2n) is 4.12.